The molecule has 0 fully saturated rings. The maximum atomic E-state index is 10.8. The number of aldehydes is 1. The van der Waals surface area contributed by atoms with Gasteiger partial charge in [0.05, 0.1) is 6.10 Å². The van der Waals surface area contributed by atoms with Crippen molar-refractivity contribution in [3.63, 3.8) is 0 Å². The molecule has 18 heavy (non-hydrogen) atoms. The van der Waals surface area contributed by atoms with Crippen LogP contribution in [0.1, 0.15) is 35.4 Å². The molecule has 1 aromatic rings. The smallest absolute Gasteiger partial charge is 0.216 e. The largest absolute Gasteiger partial charge is 0.390 e. The number of carbonyl (C=O) groups excluding carboxylic acids is 2. The van der Waals surface area contributed by atoms with Crippen molar-refractivity contribution in [2.75, 3.05) is 6.54 Å². The average molecular weight is 251 g/mol. The van der Waals surface area contributed by atoms with Crippen molar-refractivity contribution in [1.82, 2.24) is 5.32 Å². The molecule has 2 unspecified atom stereocenters. The van der Waals surface area contributed by atoms with Crippen LogP contribution >= 0.6 is 0 Å². The third-order valence-electron chi connectivity index (χ3n) is 2.62. The lowest BCUT2D eigenvalue weighted by Crippen LogP contribution is -2.28. The number of aliphatic hydroxyl groups is 2. The number of amides is 1. The Labute approximate surface area is 105 Å². The average Bonchev–Trinajstić information content (AvgIpc) is 2.37. The van der Waals surface area contributed by atoms with E-state index in [2.05, 4.69) is 5.32 Å². The summed E-state index contributed by atoms with van der Waals surface area (Å²) in [7, 11) is 0. The summed E-state index contributed by atoms with van der Waals surface area (Å²) in [5, 5.41) is 22.3. The Morgan fingerprint density at radius 1 is 1.39 bits per heavy atom. The molecule has 1 amide bonds. The molecule has 0 aromatic heterocycles. The van der Waals surface area contributed by atoms with Crippen LogP contribution in [-0.2, 0) is 4.79 Å². The quantitative estimate of drug-likeness (QED) is 0.639. The van der Waals surface area contributed by atoms with Gasteiger partial charge in [-0.1, -0.05) is 24.3 Å². The SMILES string of the molecule is CC(=O)NCCC(O)C(O)c1ccccc1C=O. The number of hydrogen-bond acceptors (Lipinski definition) is 4. The van der Waals surface area contributed by atoms with Crippen molar-refractivity contribution >= 4 is 12.2 Å². The van der Waals surface area contributed by atoms with Crippen molar-refractivity contribution in [2.24, 2.45) is 0 Å². The molecule has 1 rings (SSSR count). The van der Waals surface area contributed by atoms with E-state index >= 15 is 0 Å². The van der Waals surface area contributed by atoms with Crippen molar-refractivity contribution < 1.29 is 19.8 Å². The fourth-order valence-electron chi connectivity index (χ4n) is 1.65. The minimum absolute atomic E-state index is 0.190. The van der Waals surface area contributed by atoms with Crippen LogP contribution in [0.25, 0.3) is 0 Å². The van der Waals surface area contributed by atoms with Crippen LogP contribution in [0.4, 0.5) is 0 Å². The Kier molecular flexibility index (Phi) is 5.48. The first-order valence-electron chi connectivity index (χ1n) is 5.71. The molecule has 3 N–H and O–H groups in total. The molecule has 0 saturated carbocycles. The zero-order valence-electron chi connectivity index (χ0n) is 10.2. The minimum atomic E-state index is -1.14. The zero-order valence-corrected chi connectivity index (χ0v) is 10.2. The molecule has 5 nitrogen and oxygen atoms in total. The molecule has 5 heteroatoms. The van der Waals surface area contributed by atoms with E-state index < -0.39 is 12.2 Å². The molecule has 98 valence electrons. The van der Waals surface area contributed by atoms with Crippen LogP contribution in [0.15, 0.2) is 24.3 Å². The van der Waals surface area contributed by atoms with Gasteiger partial charge in [-0.25, -0.2) is 0 Å². The number of hydrogen-bond donors (Lipinski definition) is 3. The van der Waals surface area contributed by atoms with Crippen LogP contribution in [0.2, 0.25) is 0 Å². The van der Waals surface area contributed by atoms with Crippen LogP contribution in [0, 0.1) is 0 Å². The van der Waals surface area contributed by atoms with Crippen molar-refractivity contribution in [3.05, 3.63) is 35.4 Å². The van der Waals surface area contributed by atoms with Gasteiger partial charge < -0.3 is 15.5 Å². The van der Waals surface area contributed by atoms with Gasteiger partial charge in [0.25, 0.3) is 0 Å². The summed E-state index contributed by atoms with van der Waals surface area (Å²) in [6.07, 6.45) is -1.31. The number of rotatable bonds is 6. The van der Waals surface area contributed by atoms with E-state index in [9.17, 15) is 19.8 Å². The summed E-state index contributed by atoms with van der Waals surface area (Å²) >= 11 is 0. The van der Waals surface area contributed by atoms with Crippen LogP contribution in [0.3, 0.4) is 0 Å². The fraction of sp³-hybridized carbons (Fsp3) is 0.385. The van der Waals surface area contributed by atoms with E-state index in [1.54, 1.807) is 24.3 Å². The molecule has 0 bridgehead atoms. The topological polar surface area (TPSA) is 86.6 Å². The van der Waals surface area contributed by atoms with Crippen LogP contribution in [0.5, 0.6) is 0 Å². The van der Waals surface area contributed by atoms with Crippen LogP contribution in [-0.4, -0.2) is 35.1 Å². The van der Waals surface area contributed by atoms with Gasteiger partial charge in [0, 0.05) is 19.0 Å². The molecule has 0 radical (unpaired) electrons. The predicted octanol–water partition coefficient (Wildman–Crippen LogP) is 0.420. The maximum absolute atomic E-state index is 10.8. The first-order valence-corrected chi connectivity index (χ1v) is 5.71. The van der Waals surface area contributed by atoms with Gasteiger partial charge in [-0.3, -0.25) is 9.59 Å². The molecule has 0 aliphatic heterocycles. The van der Waals surface area contributed by atoms with Gasteiger partial charge in [0.2, 0.25) is 5.91 Å². The molecular weight excluding hydrogens is 234 g/mol. The predicted molar refractivity (Wildman–Crippen MR) is 66.1 cm³/mol. The zero-order chi connectivity index (χ0) is 13.5. The summed E-state index contributed by atoms with van der Waals surface area (Å²) in [5.74, 6) is -0.190. The van der Waals surface area contributed by atoms with E-state index in [0.717, 1.165) is 0 Å². The van der Waals surface area contributed by atoms with Gasteiger partial charge in [-0.2, -0.15) is 0 Å². The van der Waals surface area contributed by atoms with Crippen molar-refractivity contribution in [3.8, 4) is 0 Å². The molecular formula is C13H17NO4. The second-order valence-corrected chi connectivity index (χ2v) is 4.03. The van der Waals surface area contributed by atoms with E-state index in [1.807, 2.05) is 0 Å². The van der Waals surface area contributed by atoms with Gasteiger partial charge in [0.15, 0.2) is 0 Å². The lowest BCUT2D eigenvalue weighted by molar-refractivity contribution is -0.119. The third-order valence-corrected chi connectivity index (χ3v) is 2.62. The Hall–Kier alpha value is -1.72. The maximum Gasteiger partial charge on any atom is 0.216 e. The Balaban J connectivity index is 2.65. The third kappa shape index (κ3) is 3.94. The van der Waals surface area contributed by atoms with Gasteiger partial charge in [-0.05, 0) is 12.0 Å². The number of aliphatic hydroxyl groups excluding tert-OH is 2. The summed E-state index contributed by atoms with van der Waals surface area (Å²) in [6.45, 7) is 1.65. The van der Waals surface area contributed by atoms with E-state index in [4.69, 9.17) is 0 Å². The summed E-state index contributed by atoms with van der Waals surface area (Å²) in [6, 6.07) is 6.54. The Morgan fingerprint density at radius 3 is 2.67 bits per heavy atom. The molecule has 0 aliphatic carbocycles. The first-order chi connectivity index (χ1) is 8.56. The highest BCUT2D eigenvalue weighted by atomic mass is 16.3. The molecule has 0 aliphatic rings. The number of nitrogens with one attached hydrogen (secondary N) is 1. The lowest BCUT2D eigenvalue weighted by Gasteiger charge is -2.19. The molecule has 0 spiro atoms. The Bertz CT molecular complexity index is 419. The highest BCUT2D eigenvalue weighted by molar-refractivity contribution is 5.77. The van der Waals surface area contributed by atoms with E-state index in [1.165, 1.54) is 6.92 Å². The number of benzene rings is 1. The lowest BCUT2D eigenvalue weighted by atomic mass is 9.98. The van der Waals surface area contributed by atoms with Crippen LogP contribution < -0.4 is 5.32 Å². The fourth-order valence-corrected chi connectivity index (χ4v) is 1.65. The highest BCUT2D eigenvalue weighted by Gasteiger charge is 2.20. The monoisotopic (exact) mass is 251 g/mol. The normalized spacial score (nSPS) is 13.7. The molecule has 0 heterocycles. The van der Waals surface area contributed by atoms with Gasteiger partial charge in [-0.15, -0.1) is 0 Å². The molecule has 2 atom stereocenters. The second kappa shape index (κ2) is 6.88. The first kappa shape index (κ1) is 14.3. The number of carbonyl (C=O) groups is 2. The van der Waals surface area contributed by atoms with Gasteiger partial charge >= 0.3 is 0 Å². The minimum Gasteiger partial charge on any atom is -0.390 e. The molecule has 1 aromatic carbocycles. The van der Waals surface area contributed by atoms with E-state index in [-0.39, 0.29) is 18.9 Å². The molecule has 0 saturated heterocycles. The summed E-state index contributed by atoms with van der Waals surface area (Å²) in [4.78, 5) is 21.5. The highest BCUT2D eigenvalue weighted by Crippen LogP contribution is 2.21. The van der Waals surface area contributed by atoms with Crippen molar-refractivity contribution in [1.29, 1.82) is 0 Å². The van der Waals surface area contributed by atoms with Gasteiger partial charge in [0.1, 0.15) is 12.4 Å². The summed E-state index contributed by atoms with van der Waals surface area (Å²) < 4.78 is 0. The second-order valence-electron chi connectivity index (χ2n) is 4.03. The van der Waals surface area contributed by atoms with Crippen molar-refractivity contribution in [2.45, 2.75) is 25.6 Å². The standard InChI is InChI=1S/C13H17NO4/c1-9(16)14-7-6-12(17)13(18)11-5-3-2-4-10(11)8-15/h2-5,8,12-13,17-18H,6-7H2,1H3,(H,14,16). The Morgan fingerprint density at radius 2 is 2.06 bits per heavy atom. The summed E-state index contributed by atoms with van der Waals surface area (Å²) in [5.41, 5.74) is 0.742. The van der Waals surface area contributed by atoms with E-state index in [0.29, 0.717) is 17.4 Å².